The second-order valence-corrected chi connectivity index (χ2v) is 5.94. The maximum Gasteiger partial charge on any atom is 0.0994 e. The lowest BCUT2D eigenvalue weighted by Gasteiger charge is -2.27. The Hall–Kier alpha value is -1.29. The van der Waals surface area contributed by atoms with Crippen molar-refractivity contribution in [1.82, 2.24) is 0 Å². The van der Waals surface area contributed by atoms with Crippen molar-refractivity contribution in [2.45, 2.75) is 70.6 Å². The number of hydrogen-bond acceptors (Lipinski definition) is 1. The summed E-state index contributed by atoms with van der Waals surface area (Å²) in [6, 6.07) is 8.76. The van der Waals surface area contributed by atoms with Crippen molar-refractivity contribution in [3.63, 3.8) is 0 Å². The molecule has 102 valence electrons. The SMILES string of the molecule is CCCC(C)c1c(C#N)cccc1C1CCCCC1. The van der Waals surface area contributed by atoms with Crippen LogP contribution in [0.1, 0.15) is 87.3 Å². The van der Waals surface area contributed by atoms with Crippen molar-refractivity contribution in [3.8, 4) is 6.07 Å². The molecule has 1 nitrogen and oxygen atoms in total. The Bertz CT molecular complexity index is 449. The molecule has 0 bridgehead atoms. The Morgan fingerprint density at radius 1 is 1.26 bits per heavy atom. The largest absolute Gasteiger partial charge is 0.192 e. The van der Waals surface area contributed by atoms with Crippen LogP contribution in [0.5, 0.6) is 0 Å². The van der Waals surface area contributed by atoms with Gasteiger partial charge in [0.15, 0.2) is 0 Å². The zero-order chi connectivity index (χ0) is 13.7. The normalized spacial score (nSPS) is 17.9. The molecule has 0 spiro atoms. The lowest BCUT2D eigenvalue weighted by molar-refractivity contribution is 0.439. The van der Waals surface area contributed by atoms with Crippen molar-refractivity contribution in [2.24, 2.45) is 0 Å². The number of nitriles is 1. The Morgan fingerprint density at radius 3 is 2.63 bits per heavy atom. The highest BCUT2D eigenvalue weighted by atomic mass is 14.3. The molecule has 2 rings (SSSR count). The first-order valence-electron chi connectivity index (χ1n) is 7.80. The summed E-state index contributed by atoms with van der Waals surface area (Å²) in [5.74, 6) is 1.20. The fraction of sp³-hybridized carbons (Fsp3) is 0.611. The fourth-order valence-electron chi connectivity index (χ4n) is 3.58. The van der Waals surface area contributed by atoms with E-state index >= 15 is 0 Å². The molecule has 0 aliphatic heterocycles. The molecule has 0 heterocycles. The molecule has 1 aliphatic rings. The summed E-state index contributed by atoms with van der Waals surface area (Å²) in [6.45, 7) is 4.51. The summed E-state index contributed by atoms with van der Waals surface area (Å²) in [5.41, 5.74) is 3.72. The Balaban J connectivity index is 2.38. The summed E-state index contributed by atoms with van der Waals surface area (Å²) in [4.78, 5) is 0. The molecule has 1 unspecified atom stereocenters. The van der Waals surface area contributed by atoms with E-state index in [1.807, 2.05) is 6.07 Å². The van der Waals surface area contributed by atoms with E-state index in [0.717, 1.165) is 5.56 Å². The van der Waals surface area contributed by atoms with Gasteiger partial charge in [0.1, 0.15) is 0 Å². The van der Waals surface area contributed by atoms with Crippen LogP contribution in [0.2, 0.25) is 0 Å². The topological polar surface area (TPSA) is 23.8 Å². The standard InChI is InChI=1S/C18H25N/c1-3-8-14(2)18-16(13-19)11-7-12-17(18)15-9-5-4-6-10-15/h7,11-12,14-15H,3-6,8-10H2,1-2H3. The zero-order valence-corrected chi connectivity index (χ0v) is 12.3. The highest BCUT2D eigenvalue weighted by Gasteiger charge is 2.22. The van der Waals surface area contributed by atoms with Gasteiger partial charge in [0, 0.05) is 0 Å². The molecule has 1 fully saturated rings. The predicted molar refractivity (Wildman–Crippen MR) is 80.3 cm³/mol. The minimum absolute atomic E-state index is 0.512. The molecule has 0 amide bonds. The van der Waals surface area contributed by atoms with E-state index in [1.165, 1.54) is 56.1 Å². The smallest absolute Gasteiger partial charge is 0.0994 e. The molecule has 1 saturated carbocycles. The number of nitrogens with zero attached hydrogens (tertiary/aromatic N) is 1. The van der Waals surface area contributed by atoms with Crippen LogP contribution < -0.4 is 0 Å². The van der Waals surface area contributed by atoms with Gasteiger partial charge in [-0.15, -0.1) is 0 Å². The van der Waals surface area contributed by atoms with Crippen molar-refractivity contribution in [2.75, 3.05) is 0 Å². The van der Waals surface area contributed by atoms with Gasteiger partial charge < -0.3 is 0 Å². The molecule has 0 aromatic heterocycles. The van der Waals surface area contributed by atoms with Gasteiger partial charge in [-0.05, 0) is 48.3 Å². The Labute approximate surface area is 117 Å². The summed E-state index contributed by atoms with van der Waals surface area (Å²) < 4.78 is 0. The van der Waals surface area contributed by atoms with Gasteiger partial charge in [-0.3, -0.25) is 0 Å². The van der Waals surface area contributed by atoms with Crippen LogP contribution in [0.15, 0.2) is 18.2 Å². The summed E-state index contributed by atoms with van der Waals surface area (Å²) in [6.07, 6.45) is 9.06. The molecular formula is C18H25N. The lowest BCUT2D eigenvalue weighted by Crippen LogP contribution is -2.10. The van der Waals surface area contributed by atoms with Crippen LogP contribution in [-0.2, 0) is 0 Å². The molecule has 1 atom stereocenters. The third-order valence-electron chi connectivity index (χ3n) is 4.52. The maximum atomic E-state index is 9.41. The van der Waals surface area contributed by atoms with Crippen molar-refractivity contribution < 1.29 is 0 Å². The molecule has 0 saturated heterocycles. The third-order valence-corrected chi connectivity index (χ3v) is 4.52. The molecule has 0 radical (unpaired) electrons. The first-order valence-corrected chi connectivity index (χ1v) is 7.80. The molecular weight excluding hydrogens is 230 g/mol. The van der Waals surface area contributed by atoms with E-state index < -0.39 is 0 Å². The second-order valence-electron chi connectivity index (χ2n) is 5.94. The van der Waals surface area contributed by atoms with E-state index in [1.54, 1.807) is 0 Å². The van der Waals surface area contributed by atoms with Crippen LogP contribution >= 0.6 is 0 Å². The zero-order valence-electron chi connectivity index (χ0n) is 12.3. The van der Waals surface area contributed by atoms with E-state index in [4.69, 9.17) is 0 Å². The fourth-order valence-corrected chi connectivity index (χ4v) is 3.58. The van der Waals surface area contributed by atoms with Crippen molar-refractivity contribution in [1.29, 1.82) is 5.26 Å². The van der Waals surface area contributed by atoms with Crippen LogP contribution in [-0.4, -0.2) is 0 Å². The van der Waals surface area contributed by atoms with E-state index in [0.29, 0.717) is 11.8 Å². The van der Waals surface area contributed by atoms with E-state index in [-0.39, 0.29) is 0 Å². The van der Waals surface area contributed by atoms with E-state index in [2.05, 4.69) is 32.0 Å². The first-order chi connectivity index (χ1) is 9.27. The Kier molecular flexibility index (Phi) is 5.02. The molecule has 19 heavy (non-hydrogen) atoms. The average Bonchev–Trinajstić information content (AvgIpc) is 2.47. The van der Waals surface area contributed by atoms with Crippen LogP contribution in [0.3, 0.4) is 0 Å². The maximum absolute atomic E-state index is 9.41. The predicted octanol–water partition coefficient (Wildman–Crippen LogP) is 5.51. The minimum atomic E-state index is 0.512. The van der Waals surface area contributed by atoms with Gasteiger partial charge in [0.2, 0.25) is 0 Å². The van der Waals surface area contributed by atoms with Crippen molar-refractivity contribution in [3.05, 3.63) is 34.9 Å². The van der Waals surface area contributed by atoms with Gasteiger partial charge in [0.25, 0.3) is 0 Å². The molecule has 1 aromatic carbocycles. The molecule has 1 heteroatoms. The van der Waals surface area contributed by atoms with Crippen LogP contribution in [0, 0.1) is 11.3 Å². The van der Waals surface area contributed by atoms with Crippen LogP contribution in [0.25, 0.3) is 0 Å². The van der Waals surface area contributed by atoms with Crippen molar-refractivity contribution >= 4 is 0 Å². The quantitative estimate of drug-likeness (QED) is 0.696. The second kappa shape index (κ2) is 6.75. The minimum Gasteiger partial charge on any atom is -0.192 e. The summed E-state index contributed by atoms with van der Waals surface area (Å²) in [7, 11) is 0. The number of rotatable bonds is 4. The first kappa shape index (κ1) is 14.1. The average molecular weight is 255 g/mol. The summed E-state index contributed by atoms with van der Waals surface area (Å²) >= 11 is 0. The van der Waals surface area contributed by atoms with E-state index in [9.17, 15) is 5.26 Å². The molecule has 1 aromatic rings. The number of hydrogen-bond donors (Lipinski definition) is 0. The van der Waals surface area contributed by atoms with Gasteiger partial charge in [0.05, 0.1) is 11.6 Å². The number of benzene rings is 1. The highest BCUT2D eigenvalue weighted by Crippen LogP contribution is 2.38. The van der Waals surface area contributed by atoms with Gasteiger partial charge in [-0.2, -0.15) is 5.26 Å². The van der Waals surface area contributed by atoms with Crippen LogP contribution in [0.4, 0.5) is 0 Å². The molecule has 1 aliphatic carbocycles. The van der Waals surface area contributed by atoms with Gasteiger partial charge >= 0.3 is 0 Å². The molecule has 0 N–H and O–H groups in total. The third kappa shape index (κ3) is 3.18. The Morgan fingerprint density at radius 2 is 2.00 bits per heavy atom. The highest BCUT2D eigenvalue weighted by molar-refractivity contribution is 5.46. The monoisotopic (exact) mass is 255 g/mol. The van der Waals surface area contributed by atoms with Gasteiger partial charge in [-0.1, -0.05) is 51.7 Å². The lowest BCUT2D eigenvalue weighted by atomic mass is 9.77. The van der Waals surface area contributed by atoms with Gasteiger partial charge in [-0.25, -0.2) is 0 Å². The summed E-state index contributed by atoms with van der Waals surface area (Å²) in [5, 5.41) is 9.41.